The van der Waals surface area contributed by atoms with Crippen molar-refractivity contribution < 1.29 is 23.4 Å². The minimum absolute atomic E-state index is 0.119. The zero-order valence-corrected chi connectivity index (χ0v) is 7.71. The van der Waals surface area contributed by atoms with Crippen LogP contribution in [0.15, 0.2) is 0 Å². The molecule has 1 saturated heterocycles. The van der Waals surface area contributed by atoms with Gasteiger partial charge in [-0.3, -0.25) is 4.90 Å². The van der Waals surface area contributed by atoms with Crippen molar-refractivity contribution in [2.45, 2.75) is 12.3 Å². The average Bonchev–Trinajstić information content (AvgIpc) is 2.39. The maximum absolute atomic E-state index is 12.7. The summed E-state index contributed by atoms with van der Waals surface area (Å²) < 4.78 is 30.0. The van der Waals surface area contributed by atoms with Gasteiger partial charge in [-0.05, 0) is 0 Å². The standard InChI is InChI=1S/C8H13F2NO3/c9-8(10)1-2-11(6-8)3-4-14-5-7(12)13/h1-6H2,(H,12,13). The highest BCUT2D eigenvalue weighted by atomic mass is 19.3. The Morgan fingerprint density at radius 1 is 1.57 bits per heavy atom. The lowest BCUT2D eigenvalue weighted by molar-refractivity contribution is -0.142. The summed E-state index contributed by atoms with van der Waals surface area (Å²) >= 11 is 0. The van der Waals surface area contributed by atoms with E-state index in [2.05, 4.69) is 0 Å². The van der Waals surface area contributed by atoms with Gasteiger partial charge in [-0.15, -0.1) is 0 Å². The Kier molecular flexibility index (Phi) is 3.77. The number of halogens is 2. The van der Waals surface area contributed by atoms with Crippen molar-refractivity contribution in [1.82, 2.24) is 4.90 Å². The second-order valence-corrected chi connectivity index (χ2v) is 3.33. The van der Waals surface area contributed by atoms with Crippen LogP contribution in [0.2, 0.25) is 0 Å². The Bertz CT molecular complexity index is 211. The fraction of sp³-hybridized carbons (Fsp3) is 0.875. The minimum Gasteiger partial charge on any atom is -0.480 e. The topological polar surface area (TPSA) is 49.8 Å². The van der Waals surface area contributed by atoms with Crippen LogP contribution in [0.1, 0.15) is 6.42 Å². The maximum Gasteiger partial charge on any atom is 0.329 e. The first-order valence-electron chi connectivity index (χ1n) is 4.39. The van der Waals surface area contributed by atoms with Crippen LogP contribution in [0.25, 0.3) is 0 Å². The quantitative estimate of drug-likeness (QED) is 0.667. The van der Waals surface area contributed by atoms with Gasteiger partial charge in [0.25, 0.3) is 5.92 Å². The molecule has 1 aliphatic heterocycles. The second-order valence-electron chi connectivity index (χ2n) is 3.33. The Hall–Kier alpha value is -0.750. The van der Waals surface area contributed by atoms with Crippen molar-refractivity contribution in [3.05, 3.63) is 0 Å². The number of carbonyl (C=O) groups is 1. The molecule has 0 spiro atoms. The summed E-state index contributed by atoms with van der Waals surface area (Å²) in [5, 5.41) is 8.23. The van der Waals surface area contributed by atoms with E-state index in [0.717, 1.165) is 0 Å². The average molecular weight is 209 g/mol. The fourth-order valence-electron chi connectivity index (χ4n) is 1.35. The van der Waals surface area contributed by atoms with E-state index in [0.29, 0.717) is 13.1 Å². The van der Waals surface area contributed by atoms with E-state index in [9.17, 15) is 13.6 Å². The van der Waals surface area contributed by atoms with E-state index in [-0.39, 0.29) is 26.2 Å². The Balaban J connectivity index is 2.06. The highest BCUT2D eigenvalue weighted by Gasteiger charge is 2.37. The van der Waals surface area contributed by atoms with Crippen LogP contribution in [0, 0.1) is 0 Å². The van der Waals surface area contributed by atoms with Crippen LogP contribution in [0.3, 0.4) is 0 Å². The molecule has 1 N–H and O–H groups in total. The smallest absolute Gasteiger partial charge is 0.329 e. The molecular formula is C8H13F2NO3. The molecule has 0 amide bonds. The summed E-state index contributed by atoms with van der Waals surface area (Å²) in [6.45, 7) is 0.280. The summed E-state index contributed by atoms with van der Waals surface area (Å²) in [5.74, 6) is -3.64. The molecule has 6 heteroatoms. The first-order chi connectivity index (χ1) is 6.49. The van der Waals surface area contributed by atoms with Gasteiger partial charge in [0.05, 0.1) is 13.2 Å². The molecule has 1 fully saturated rings. The van der Waals surface area contributed by atoms with Gasteiger partial charge in [-0.2, -0.15) is 0 Å². The molecule has 0 saturated carbocycles. The van der Waals surface area contributed by atoms with E-state index < -0.39 is 11.9 Å². The molecule has 0 bridgehead atoms. The Labute approximate surface area is 80.4 Å². The van der Waals surface area contributed by atoms with Gasteiger partial charge in [0.1, 0.15) is 6.61 Å². The normalized spacial score (nSPS) is 21.3. The molecular weight excluding hydrogens is 196 g/mol. The zero-order valence-electron chi connectivity index (χ0n) is 7.71. The highest BCUT2D eigenvalue weighted by molar-refractivity contribution is 5.67. The predicted octanol–water partition coefficient (Wildman–Crippen LogP) is 0.429. The molecule has 0 atom stereocenters. The number of aliphatic carboxylic acids is 1. The van der Waals surface area contributed by atoms with Crippen LogP contribution >= 0.6 is 0 Å². The summed E-state index contributed by atoms with van der Waals surface area (Å²) in [5.41, 5.74) is 0. The first kappa shape index (κ1) is 11.3. The molecule has 0 unspecified atom stereocenters. The molecule has 14 heavy (non-hydrogen) atoms. The number of carboxylic acids is 1. The molecule has 0 aliphatic carbocycles. The minimum atomic E-state index is -2.59. The largest absolute Gasteiger partial charge is 0.480 e. The van der Waals surface area contributed by atoms with Gasteiger partial charge < -0.3 is 9.84 Å². The molecule has 1 aliphatic rings. The number of nitrogens with zero attached hydrogens (tertiary/aromatic N) is 1. The van der Waals surface area contributed by atoms with Crippen molar-refractivity contribution in [3.8, 4) is 0 Å². The van der Waals surface area contributed by atoms with Gasteiger partial charge in [-0.1, -0.05) is 0 Å². The number of likely N-dealkylation sites (tertiary alicyclic amines) is 1. The van der Waals surface area contributed by atoms with Crippen molar-refractivity contribution in [2.24, 2.45) is 0 Å². The Morgan fingerprint density at radius 3 is 2.79 bits per heavy atom. The summed E-state index contributed by atoms with van der Waals surface area (Å²) in [4.78, 5) is 11.6. The van der Waals surface area contributed by atoms with E-state index in [1.54, 1.807) is 4.90 Å². The van der Waals surface area contributed by atoms with Gasteiger partial charge >= 0.3 is 5.97 Å². The number of carboxylic acid groups (broad SMARTS) is 1. The summed E-state index contributed by atoms with van der Waals surface area (Å²) in [7, 11) is 0. The van der Waals surface area contributed by atoms with Gasteiger partial charge in [0, 0.05) is 19.5 Å². The van der Waals surface area contributed by atoms with E-state index in [4.69, 9.17) is 9.84 Å². The van der Waals surface area contributed by atoms with Crippen LogP contribution in [-0.2, 0) is 9.53 Å². The third kappa shape index (κ3) is 3.97. The summed E-state index contributed by atoms with van der Waals surface area (Å²) in [6.07, 6.45) is -0.119. The van der Waals surface area contributed by atoms with E-state index >= 15 is 0 Å². The monoisotopic (exact) mass is 209 g/mol. The van der Waals surface area contributed by atoms with Crippen LogP contribution in [0.4, 0.5) is 8.78 Å². The maximum atomic E-state index is 12.7. The molecule has 0 aromatic carbocycles. The Morgan fingerprint density at radius 2 is 2.29 bits per heavy atom. The van der Waals surface area contributed by atoms with Crippen molar-refractivity contribution in [3.63, 3.8) is 0 Å². The summed E-state index contributed by atoms with van der Waals surface area (Å²) in [6, 6.07) is 0. The SMILES string of the molecule is O=C(O)COCCN1CCC(F)(F)C1. The van der Waals surface area contributed by atoms with Crippen molar-refractivity contribution >= 4 is 5.97 Å². The molecule has 82 valence electrons. The zero-order chi connectivity index (χ0) is 10.6. The van der Waals surface area contributed by atoms with E-state index in [1.807, 2.05) is 0 Å². The molecule has 1 heterocycles. The lowest BCUT2D eigenvalue weighted by atomic mass is 10.3. The van der Waals surface area contributed by atoms with Crippen LogP contribution in [0.5, 0.6) is 0 Å². The van der Waals surface area contributed by atoms with E-state index in [1.165, 1.54) is 0 Å². The molecule has 0 radical (unpaired) electrons. The predicted molar refractivity (Wildman–Crippen MR) is 44.5 cm³/mol. The molecule has 0 aromatic rings. The number of alkyl halides is 2. The second kappa shape index (κ2) is 4.65. The molecule has 1 rings (SSSR count). The van der Waals surface area contributed by atoms with Crippen LogP contribution < -0.4 is 0 Å². The lowest BCUT2D eigenvalue weighted by Gasteiger charge is -2.14. The van der Waals surface area contributed by atoms with Gasteiger partial charge in [-0.25, -0.2) is 13.6 Å². The number of rotatable bonds is 5. The highest BCUT2D eigenvalue weighted by Crippen LogP contribution is 2.26. The third-order valence-electron chi connectivity index (χ3n) is 2.03. The first-order valence-corrected chi connectivity index (χ1v) is 4.39. The number of ether oxygens (including phenoxy) is 1. The van der Waals surface area contributed by atoms with Crippen molar-refractivity contribution in [1.29, 1.82) is 0 Å². The van der Waals surface area contributed by atoms with Gasteiger partial charge in [0.2, 0.25) is 0 Å². The van der Waals surface area contributed by atoms with Gasteiger partial charge in [0.15, 0.2) is 0 Å². The number of hydrogen-bond acceptors (Lipinski definition) is 3. The lowest BCUT2D eigenvalue weighted by Crippen LogP contribution is -2.29. The molecule has 0 aromatic heterocycles. The third-order valence-corrected chi connectivity index (χ3v) is 2.03. The fourth-order valence-corrected chi connectivity index (χ4v) is 1.35. The van der Waals surface area contributed by atoms with Crippen molar-refractivity contribution in [2.75, 3.05) is 32.8 Å². The molecule has 4 nitrogen and oxygen atoms in total. The van der Waals surface area contributed by atoms with Crippen LogP contribution in [-0.4, -0.2) is 54.7 Å². The number of hydrogen-bond donors (Lipinski definition) is 1.